The number of Topliss-reactive ketones (excluding diaryl/α,β-unsaturated/α-hetero) is 1. The van der Waals surface area contributed by atoms with Gasteiger partial charge < -0.3 is 23.8 Å². The molecule has 21 nitrogen and oxygen atoms in total. The summed E-state index contributed by atoms with van der Waals surface area (Å²) in [6, 6.07) is 22.4. The van der Waals surface area contributed by atoms with Gasteiger partial charge in [-0.25, -0.2) is 54.1 Å². The number of ketones is 1. The van der Waals surface area contributed by atoms with Crippen LogP contribution in [0.25, 0.3) is 44.3 Å². The van der Waals surface area contributed by atoms with Crippen LogP contribution in [0.4, 0.5) is 0 Å². The Morgan fingerprint density at radius 2 is 0.988 bits per heavy atom. The molecule has 3 radical (unpaired) electrons. The maximum absolute atomic E-state index is 13.5. The van der Waals surface area contributed by atoms with Crippen molar-refractivity contribution in [2.75, 3.05) is 0 Å². The summed E-state index contributed by atoms with van der Waals surface area (Å²) in [5.41, 5.74) is 11.5. The van der Waals surface area contributed by atoms with Gasteiger partial charge in [0.15, 0.2) is 11.3 Å². The van der Waals surface area contributed by atoms with Crippen molar-refractivity contribution in [1.29, 1.82) is 0 Å². The van der Waals surface area contributed by atoms with Gasteiger partial charge in [-0.2, -0.15) is 10.2 Å². The predicted molar refractivity (Wildman–Crippen MR) is 312 cm³/mol. The summed E-state index contributed by atoms with van der Waals surface area (Å²) in [5.74, 6) is -0.754. The van der Waals surface area contributed by atoms with Crippen LogP contribution in [0, 0.1) is 0 Å². The smallest absolute Gasteiger partial charge is 0.793 e. The van der Waals surface area contributed by atoms with E-state index < -0.39 is 38.0 Å². The van der Waals surface area contributed by atoms with E-state index in [-0.39, 0.29) is 45.3 Å². The zero-order valence-electron chi connectivity index (χ0n) is 48.6. The summed E-state index contributed by atoms with van der Waals surface area (Å²) in [4.78, 5) is 58.2. The Labute approximate surface area is 508 Å². The number of aromatic nitrogens is 8. The molecule has 8 aromatic rings. The fourth-order valence-corrected chi connectivity index (χ4v) is 12.1. The molecule has 0 bridgehead atoms. The maximum atomic E-state index is 13.5. The van der Waals surface area contributed by atoms with Crippen LogP contribution < -0.4 is 40.6 Å². The number of hydrogen-bond acceptors (Lipinski definition) is 17. The van der Waals surface area contributed by atoms with E-state index in [1.165, 1.54) is 20.4 Å². The maximum Gasteiger partial charge on any atom is 1.00 e. The summed E-state index contributed by atoms with van der Waals surface area (Å²) < 4.78 is 63.4. The van der Waals surface area contributed by atoms with E-state index in [9.17, 15) is 36.0 Å². The molecule has 2 fully saturated rings. The molecule has 435 valence electrons. The Bertz CT molecular complexity index is 3670. The van der Waals surface area contributed by atoms with Gasteiger partial charge in [-0.1, -0.05) is 64.1 Å². The second-order valence-electron chi connectivity index (χ2n) is 20.6. The molecular formula is C58H71BN10NaO11S2. The van der Waals surface area contributed by atoms with Crippen molar-refractivity contribution in [3.05, 3.63) is 133 Å². The van der Waals surface area contributed by atoms with Crippen LogP contribution in [0.3, 0.4) is 0 Å². The van der Waals surface area contributed by atoms with Crippen molar-refractivity contribution in [2.24, 2.45) is 19.8 Å². The quantitative estimate of drug-likeness (QED) is 0.0956. The Balaban J connectivity index is 0.000000237. The second-order valence-corrected chi connectivity index (χ2v) is 24.2. The van der Waals surface area contributed by atoms with Gasteiger partial charge in [0, 0.05) is 130 Å². The summed E-state index contributed by atoms with van der Waals surface area (Å²) in [6.45, 7) is 11.8. The van der Waals surface area contributed by atoms with Crippen molar-refractivity contribution in [3.8, 4) is 22.3 Å². The van der Waals surface area contributed by atoms with E-state index in [2.05, 4.69) is 62.9 Å². The van der Waals surface area contributed by atoms with Crippen LogP contribution in [0.5, 0.6) is 0 Å². The van der Waals surface area contributed by atoms with Crippen LogP contribution in [0.1, 0.15) is 123 Å². The monoisotopic (exact) mass is 1180 g/mol. The third kappa shape index (κ3) is 18.3. The zero-order chi connectivity index (χ0) is 59.9. The fourth-order valence-electron chi connectivity index (χ4n) is 9.45. The van der Waals surface area contributed by atoms with Gasteiger partial charge in [0.05, 0.1) is 22.2 Å². The first-order valence-corrected chi connectivity index (χ1v) is 29.6. The minimum atomic E-state index is -3.81. The standard InChI is InChI=1S/C26H31N5O2S.C23H22N4O3S.C4H6O4.C3H9N.C2H3BO2.Na/c1-18(2)29-22-11-9-19(10-12-22)20-13-24-25(21-15-28-30(3)16-21)17-31(26(24)27-14-20)34(32,33)23-7-5-4-6-8-23;1-26-14-18(13-25-26)22-15-27(31(29,30)20-5-3-2-4-6-20)23-21(22)11-17(12-24-23)16-7-9-19(28)10-8-16;1-3(5)7-8-4(2)6;1-3(2)4;1-2(4)5-3;/h4-8,13-19,22,29H,9-12H2,1-3H3;2-6,11-16H,7-10H2,1H3;1-2H3;3H,4H2,1-2H3;1H3;/q;;;;-1;+1. The van der Waals surface area contributed by atoms with E-state index in [0.717, 1.165) is 91.0 Å². The Morgan fingerprint density at radius 1 is 0.614 bits per heavy atom. The molecule has 2 saturated carbocycles. The summed E-state index contributed by atoms with van der Waals surface area (Å²) in [5, 5.41) is 13.8. The first-order chi connectivity index (χ1) is 38.9. The zero-order valence-corrected chi connectivity index (χ0v) is 52.3. The minimum absolute atomic E-state index is 0. The van der Waals surface area contributed by atoms with Gasteiger partial charge in [0.1, 0.15) is 5.78 Å². The molecule has 6 aromatic heterocycles. The number of hydrogen-bond donors (Lipinski definition) is 2. The number of nitrogens with zero attached hydrogens (tertiary/aromatic N) is 8. The molecule has 0 amide bonds. The fraction of sp³-hybridized carbons (Fsp3) is 0.379. The number of fused-ring (bicyclic) bond motifs is 2. The van der Waals surface area contributed by atoms with Gasteiger partial charge in [-0.3, -0.25) is 19.0 Å². The average Bonchev–Trinajstić information content (AvgIpc) is 2.14. The normalized spacial score (nSPS) is 15.3. The number of rotatable bonds is 10. The number of pyridine rings is 2. The summed E-state index contributed by atoms with van der Waals surface area (Å²) in [7, 11) is 0.413. The SMILES string of the molecule is CC(=O)OOC(C)=O.CC(C)N.CC(C)NC1CCC(c2cnc3c(c2)c(-c2cnn(C)c2)cn3S(=O)(=O)c2ccccc2)CC1.Cn1cc(-c2cn(S(=O)(=O)c3ccccc3)c3ncc(C4CCC(=O)CC4)cc23)cn1.[B-]OC(C)=O.[Na+]. The van der Waals surface area contributed by atoms with Crippen LogP contribution in [-0.2, 0) is 67.7 Å². The summed E-state index contributed by atoms with van der Waals surface area (Å²) in [6.07, 6.45) is 21.5. The molecule has 0 spiro atoms. The van der Waals surface area contributed by atoms with Crippen LogP contribution in [0.2, 0.25) is 0 Å². The summed E-state index contributed by atoms with van der Waals surface area (Å²) >= 11 is 0. The molecule has 83 heavy (non-hydrogen) atoms. The third-order valence-electron chi connectivity index (χ3n) is 13.1. The van der Waals surface area contributed by atoms with Gasteiger partial charge in [-0.05, 0) is 104 Å². The van der Waals surface area contributed by atoms with Gasteiger partial charge in [0.25, 0.3) is 20.0 Å². The Kier molecular flexibility index (Phi) is 24.8. The van der Waals surface area contributed by atoms with Gasteiger partial charge in [-0.15, -0.1) is 0 Å². The number of aryl methyl sites for hydroxylation is 2. The number of nitrogens with one attached hydrogen (secondary N) is 1. The number of nitrogens with two attached hydrogens (primary N) is 1. The van der Waals surface area contributed by atoms with Crippen molar-refractivity contribution in [3.63, 3.8) is 0 Å². The molecule has 0 atom stereocenters. The first kappa shape index (κ1) is 67.0. The molecule has 25 heteroatoms. The molecule has 6 heterocycles. The van der Waals surface area contributed by atoms with E-state index in [1.54, 1.807) is 94.9 Å². The average molecular weight is 1180 g/mol. The molecule has 0 saturated heterocycles. The van der Waals surface area contributed by atoms with E-state index in [0.29, 0.717) is 54.0 Å². The van der Waals surface area contributed by atoms with E-state index in [4.69, 9.17) is 10.7 Å². The third-order valence-corrected chi connectivity index (χ3v) is 16.5. The topological polar surface area (TPSA) is 274 Å². The molecule has 2 aromatic carbocycles. The van der Waals surface area contributed by atoms with Crippen LogP contribution in [-0.4, -0.2) is 104 Å². The predicted octanol–water partition coefficient (Wildman–Crippen LogP) is 5.62. The van der Waals surface area contributed by atoms with Crippen molar-refractivity contribution in [1.82, 2.24) is 42.8 Å². The van der Waals surface area contributed by atoms with E-state index in [1.807, 2.05) is 58.7 Å². The number of carbonyl (C=O) groups excluding carboxylic acids is 4. The van der Waals surface area contributed by atoms with Crippen LogP contribution >= 0.6 is 0 Å². The van der Waals surface area contributed by atoms with Crippen LogP contribution in [0.15, 0.2) is 132 Å². The Hall–Kier alpha value is -6.80. The number of carbonyl (C=O) groups is 4. The van der Waals surface area contributed by atoms with E-state index >= 15 is 0 Å². The van der Waals surface area contributed by atoms with Gasteiger partial charge in [0.2, 0.25) is 5.97 Å². The first-order valence-electron chi connectivity index (χ1n) is 26.8. The molecule has 10 rings (SSSR count). The van der Waals surface area contributed by atoms with Crippen molar-refractivity contribution < 1.29 is 80.0 Å². The minimum Gasteiger partial charge on any atom is -0.793 e. The molecule has 3 N–H and O–H groups in total. The van der Waals surface area contributed by atoms with Crippen molar-refractivity contribution >= 4 is 73.9 Å². The second kappa shape index (κ2) is 30.7. The Morgan fingerprint density at radius 3 is 1.31 bits per heavy atom. The van der Waals surface area contributed by atoms with Crippen molar-refractivity contribution in [2.45, 2.75) is 140 Å². The van der Waals surface area contributed by atoms with Gasteiger partial charge >= 0.3 is 41.5 Å². The molecule has 0 aliphatic heterocycles. The molecule has 2 aliphatic carbocycles. The molecule has 0 unspecified atom stereocenters. The number of benzene rings is 2. The molecular weight excluding hydrogens is 1110 g/mol. The largest absolute Gasteiger partial charge is 1.00 e. The molecule has 2 aliphatic rings.